The van der Waals surface area contributed by atoms with Crippen LogP contribution in [0.1, 0.15) is 38.3 Å². The number of urea groups is 1. The summed E-state index contributed by atoms with van der Waals surface area (Å²) in [7, 11) is 1.74. The summed E-state index contributed by atoms with van der Waals surface area (Å²) in [6, 6.07) is 5.54. The number of carbonyl (C=O) groups is 2. The number of benzene rings is 1. The van der Waals surface area contributed by atoms with Crippen molar-refractivity contribution in [3.05, 3.63) is 41.2 Å². The van der Waals surface area contributed by atoms with E-state index in [4.69, 9.17) is 4.99 Å². The van der Waals surface area contributed by atoms with Crippen LogP contribution in [0.2, 0.25) is 0 Å². The summed E-state index contributed by atoms with van der Waals surface area (Å²) in [6.45, 7) is 10.8. The Bertz CT molecular complexity index is 935. The lowest BCUT2D eigenvalue weighted by molar-refractivity contribution is -0.136. The lowest BCUT2D eigenvalue weighted by Crippen LogP contribution is -2.64. The Balaban J connectivity index is 1.70. The molecule has 3 amide bonds. The molecule has 0 radical (unpaired) electrons. The highest BCUT2D eigenvalue weighted by Crippen LogP contribution is 2.37. The molecule has 7 nitrogen and oxygen atoms in total. The predicted octanol–water partition coefficient (Wildman–Crippen LogP) is 3.29. The fraction of sp³-hybridized carbons (Fsp3) is 0.500. The van der Waals surface area contributed by atoms with Gasteiger partial charge in [0.1, 0.15) is 0 Å². The van der Waals surface area contributed by atoms with Crippen LogP contribution in [0.25, 0.3) is 0 Å². The predicted molar refractivity (Wildman–Crippen MR) is 113 cm³/mol. The second kappa shape index (κ2) is 6.90. The van der Waals surface area contributed by atoms with Crippen LogP contribution in [0.4, 0.5) is 10.5 Å². The third kappa shape index (κ3) is 2.99. The number of carbonyl (C=O) groups excluding carboxylic acids is 2. The van der Waals surface area contributed by atoms with Crippen molar-refractivity contribution in [2.75, 3.05) is 18.5 Å². The zero-order valence-electron chi connectivity index (χ0n) is 18.0. The molecule has 154 valence electrons. The van der Waals surface area contributed by atoms with Crippen LogP contribution in [0.3, 0.4) is 0 Å². The number of aliphatic imine (C=N–C) groups is 1. The van der Waals surface area contributed by atoms with E-state index in [1.807, 2.05) is 18.0 Å². The number of amides is 3. The van der Waals surface area contributed by atoms with E-state index in [0.29, 0.717) is 18.4 Å². The van der Waals surface area contributed by atoms with Gasteiger partial charge in [0.15, 0.2) is 12.2 Å². The Morgan fingerprint density at radius 1 is 1.14 bits per heavy atom. The van der Waals surface area contributed by atoms with Gasteiger partial charge in [-0.15, -0.1) is 0 Å². The van der Waals surface area contributed by atoms with E-state index < -0.39 is 12.2 Å². The van der Waals surface area contributed by atoms with Crippen molar-refractivity contribution >= 4 is 23.6 Å². The van der Waals surface area contributed by atoms with Crippen LogP contribution in [0, 0.1) is 19.8 Å². The van der Waals surface area contributed by atoms with E-state index in [2.05, 4.69) is 50.8 Å². The molecular weight excluding hydrogens is 366 g/mol. The van der Waals surface area contributed by atoms with E-state index in [1.54, 1.807) is 11.9 Å². The van der Waals surface area contributed by atoms with Crippen LogP contribution in [0.5, 0.6) is 0 Å². The minimum Gasteiger partial charge on any atom is -0.302 e. The molecule has 29 heavy (non-hydrogen) atoms. The first kappa shape index (κ1) is 19.5. The van der Waals surface area contributed by atoms with E-state index >= 15 is 0 Å². The molecule has 0 N–H and O–H groups in total. The van der Waals surface area contributed by atoms with Crippen molar-refractivity contribution in [3.63, 3.8) is 0 Å². The van der Waals surface area contributed by atoms with Gasteiger partial charge in [-0.3, -0.25) is 14.6 Å². The SMILES string of the molecule is CC1=CN2C(=NC3C2C(=O)N(CCC(C)C)C(=O)N3C)N1c1cc(C)ccc1C. The van der Waals surface area contributed by atoms with E-state index in [-0.39, 0.29) is 11.9 Å². The van der Waals surface area contributed by atoms with Crippen LogP contribution in [-0.4, -0.2) is 58.4 Å². The van der Waals surface area contributed by atoms with Gasteiger partial charge in [0, 0.05) is 25.5 Å². The van der Waals surface area contributed by atoms with Crippen LogP contribution in [0.15, 0.2) is 35.1 Å². The molecule has 2 atom stereocenters. The van der Waals surface area contributed by atoms with Gasteiger partial charge in [0.2, 0.25) is 5.96 Å². The molecule has 0 aliphatic carbocycles. The number of imide groups is 1. The minimum absolute atomic E-state index is 0.163. The molecule has 2 unspecified atom stereocenters. The summed E-state index contributed by atoms with van der Waals surface area (Å²) in [5, 5.41) is 0. The third-order valence-corrected chi connectivity index (χ3v) is 5.92. The third-order valence-electron chi connectivity index (χ3n) is 5.92. The van der Waals surface area contributed by atoms with Crippen molar-refractivity contribution in [1.82, 2.24) is 14.7 Å². The molecule has 3 heterocycles. The topological polar surface area (TPSA) is 59.5 Å². The van der Waals surface area contributed by atoms with Crippen molar-refractivity contribution < 1.29 is 9.59 Å². The summed E-state index contributed by atoms with van der Waals surface area (Å²) in [5.41, 5.74) is 4.36. The first-order chi connectivity index (χ1) is 13.7. The minimum atomic E-state index is -0.509. The molecule has 7 heteroatoms. The summed E-state index contributed by atoms with van der Waals surface area (Å²) in [5.74, 6) is 0.969. The number of hydrogen-bond donors (Lipinski definition) is 0. The van der Waals surface area contributed by atoms with Crippen LogP contribution >= 0.6 is 0 Å². The number of allylic oxidation sites excluding steroid dienone is 1. The van der Waals surface area contributed by atoms with Gasteiger partial charge in [-0.1, -0.05) is 26.0 Å². The Morgan fingerprint density at radius 3 is 2.55 bits per heavy atom. The maximum atomic E-state index is 13.3. The summed E-state index contributed by atoms with van der Waals surface area (Å²) in [4.78, 5) is 38.0. The van der Waals surface area contributed by atoms with Crippen LogP contribution < -0.4 is 4.90 Å². The number of aryl methyl sites for hydroxylation is 2. The Hall–Kier alpha value is -2.83. The number of anilines is 1. The number of nitrogens with zero attached hydrogens (tertiary/aromatic N) is 5. The molecule has 4 rings (SSSR count). The second-order valence-electron chi connectivity index (χ2n) is 8.66. The summed E-state index contributed by atoms with van der Waals surface area (Å²) < 4.78 is 0. The van der Waals surface area contributed by atoms with Crippen LogP contribution in [-0.2, 0) is 4.79 Å². The fourth-order valence-corrected chi connectivity index (χ4v) is 4.21. The average molecular weight is 396 g/mol. The standard InChI is InChI=1S/C22H29N5O2/c1-13(2)9-10-25-20(28)18-19(24(6)22(25)29)23-21-26(18)12-16(5)27(21)17-11-14(3)7-8-15(17)4/h7-8,11-13,18-19H,9-10H2,1-6H3. The molecule has 3 aliphatic rings. The van der Waals surface area contributed by atoms with Gasteiger partial charge in [0.05, 0.1) is 5.69 Å². The molecule has 1 saturated heterocycles. The van der Waals surface area contributed by atoms with Crippen molar-refractivity contribution in [2.24, 2.45) is 10.9 Å². The second-order valence-corrected chi connectivity index (χ2v) is 8.66. The zero-order chi connectivity index (χ0) is 21.0. The van der Waals surface area contributed by atoms with Gasteiger partial charge < -0.3 is 9.80 Å². The Kier molecular flexibility index (Phi) is 4.63. The molecule has 0 aromatic heterocycles. The summed E-state index contributed by atoms with van der Waals surface area (Å²) >= 11 is 0. The van der Waals surface area contributed by atoms with Gasteiger partial charge in [-0.25, -0.2) is 9.79 Å². The van der Waals surface area contributed by atoms with E-state index in [0.717, 1.165) is 28.9 Å². The maximum Gasteiger partial charge on any atom is 0.328 e. The molecule has 0 spiro atoms. The maximum absolute atomic E-state index is 13.3. The van der Waals surface area contributed by atoms with Gasteiger partial charge in [-0.05, 0) is 50.3 Å². The smallest absolute Gasteiger partial charge is 0.302 e. The van der Waals surface area contributed by atoms with Gasteiger partial charge >= 0.3 is 6.03 Å². The number of likely N-dealkylation sites (N-methyl/N-ethyl adjacent to an activating group) is 1. The highest BCUT2D eigenvalue weighted by molar-refractivity contribution is 6.10. The fourth-order valence-electron chi connectivity index (χ4n) is 4.21. The van der Waals surface area contributed by atoms with Gasteiger partial charge in [0.25, 0.3) is 5.91 Å². The first-order valence-corrected chi connectivity index (χ1v) is 10.2. The van der Waals surface area contributed by atoms with E-state index in [9.17, 15) is 9.59 Å². The largest absolute Gasteiger partial charge is 0.328 e. The number of fused-ring (bicyclic) bond motifs is 3. The number of rotatable bonds is 4. The zero-order valence-corrected chi connectivity index (χ0v) is 18.0. The normalized spacial score (nSPS) is 23.7. The quantitative estimate of drug-likeness (QED) is 0.785. The van der Waals surface area contributed by atoms with Crippen molar-refractivity contribution in [3.8, 4) is 0 Å². The van der Waals surface area contributed by atoms with E-state index in [1.165, 1.54) is 4.90 Å². The monoisotopic (exact) mass is 395 g/mol. The highest BCUT2D eigenvalue weighted by Gasteiger charge is 2.54. The lowest BCUT2D eigenvalue weighted by Gasteiger charge is -2.40. The molecule has 0 bridgehead atoms. The van der Waals surface area contributed by atoms with Crippen molar-refractivity contribution in [2.45, 2.75) is 53.2 Å². The average Bonchev–Trinajstić information content (AvgIpc) is 3.16. The molecule has 1 fully saturated rings. The molecular formula is C22H29N5O2. The number of hydrogen-bond acceptors (Lipinski definition) is 5. The highest BCUT2D eigenvalue weighted by atomic mass is 16.2. The van der Waals surface area contributed by atoms with Crippen molar-refractivity contribution in [1.29, 1.82) is 0 Å². The summed E-state index contributed by atoms with van der Waals surface area (Å²) in [6.07, 6.45) is 2.27. The Morgan fingerprint density at radius 2 is 1.86 bits per heavy atom. The lowest BCUT2D eigenvalue weighted by atomic mass is 10.1. The molecule has 1 aromatic carbocycles. The number of guanidine groups is 1. The molecule has 3 aliphatic heterocycles. The first-order valence-electron chi connectivity index (χ1n) is 10.2. The molecule has 1 aromatic rings. The van der Waals surface area contributed by atoms with Gasteiger partial charge in [-0.2, -0.15) is 0 Å². The molecule has 0 saturated carbocycles. The Labute approximate surface area is 172 Å².